The normalized spacial score (nSPS) is 14.7. The predicted molar refractivity (Wildman–Crippen MR) is 159 cm³/mol. The monoisotopic (exact) mass is 536 g/mol. The summed E-state index contributed by atoms with van der Waals surface area (Å²) in [4.78, 5) is 29.2. The minimum atomic E-state index is -0.554. The van der Waals surface area contributed by atoms with E-state index in [0.29, 0.717) is 0 Å². The summed E-state index contributed by atoms with van der Waals surface area (Å²) in [5.74, 6) is -0.489. The van der Waals surface area contributed by atoms with Crippen LogP contribution in [0.3, 0.4) is 0 Å². The Kier molecular flexibility index (Phi) is 7.00. The Morgan fingerprint density at radius 3 is 2.25 bits per heavy atom. The van der Waals surface area contributed by atoms with Gasteiger partial charge in [-0.15, -0.1) is 0 Å². The molecule has 0 bridgehead atoms. The van der Waals surface area contributed by atoms with Crippen LogP contribution in [0.2, 0.25) is 0 Å². The zero-order valence-electron chi connectivity index (χ0n) is 23.7. The molecule has 2 amide bonds. The molecule has 1 saturated carbocycles. The number of hydrogen-bond donors (Lipinski definition) is 2. The van der Waals surface area contributed by atoms with Crippen molar-refractivity contribution >= 4 is 23.7 Å². The molecule has 5 rings (SSSR count). The molecule has 7 heteroatoms. The van der Waals surface area contributed by atoms with Crippen LogP contribution in [0.4, 0.5) is 4.79 Å². The quantitative estimate of drug-likeness (QED) is 0.268. The number of aryl methyl sites for hydroxylation is 1. The smallest absolute Gasteiger partial charge is 0.408 e. The van der Waals surface area contributed by atoms with Gasteiger partial charge >= 0.3 is 6.09 Å². The van der Waals surface area contributed by atoms with Crippen molar-refractivity contribution in [2.75, 3.05) is 0 Å². The molecule has 0 radical (unpaired) electrons. The number of nitrogens with zero attached hydrogens (tertiary/aromatic N) is 2. The minimum absolute atomic E-state index is 0.393. The Morgan fingerprint density at radius 2 is 1.68 bits per heavy atom. The zero-order chi connectivity index (χ0) is 28.7. The average Bonchev–Trinajstić information content (AvgIpc) is 3.26. The van der Waals surface area contributed by atoms with E-state index in [0.717, 1.165) is 69.7 Å². The Bertz CT molecular complexity index is 1610. The third-order valence-electron chi connectivity index (χ3n) is 7.64. The number of pyridine rings is 1. The summed E-state index contributed by atoms with van der Waals surface area (Å²) >= 11 is 0. The van der Waals surface area contributed by atoms with Crippen molar-refractivity contribution in [3.63, 3.8) is 0 Å². The molecule has 0 spiro atoms. The SMILES string of the molecule is Cc1c(/C=C/C(N)=O)cn2c(-c3ccccc3)c(-c3ccc(C4(NC(=O)OC(C)(C)C)CCC4)cc3)nc2c1C. The second-order valence-corrected chi connectivity index (χ2v) is 11.6. The van der Waals surface area contributed by atoms with Gasteiger partial charge in [0.05, 0.1) is 16.9 Å². The first-order valence-corrected chi connectivity index (χ1v) is 13.6. The highest BCUT2D eigenvalue weighted by Gasteiger charge is 2.41. The highest BCUT2D eigenvalue weighted by molar-refractivity contribution is 5.91. The molecule has 206 valence electrons. The van der Waals surface area contributed by atoms with Gasteiger partial charge in [-0.05, 0) is 82.2 Å². The van der Waals surface area contributed by atoms with E-state index in [1.807, 2.05) is 59.0 Å². The number of alkyl carbamates (subject to hydrolysis) is 1. The molecule has 0 saturated heterocycles. The van der Waals surface area contributed by atoms with Gasteiger partial charge in [0.2, 0.25) is 5.91 Å². The van der Waals surface area contributed by atoms with Crippen LogP contribution in [0.5, 0.6) is 0 Å². The third-order valence-corrected chi connectivity index (χ3v) is 7.64. The van der Waals surface area contributed by atoms with Gasteiger partial charge in [-0.3, -0.25) is 9.20 Å². The maximum Gasteiger partial charge on any atom is 0.408 e. The van der Waals surface area contributed by atoms with Crippen molar-refractivity contribution in [2.24, 2.45) is 5.73 Å². The Hall–Kier alpha value is -4.39. The van der Waals surface area contributed by atoms with Gasteiger partial charge in [0.25, 0.3) is 0 Å². The van der Waals surface area contributed by atoms with Gasteiger partial charge in [0.15, 0.2) is 0 Å². The van der Waals surface area contributed by atoms with Crippen LogP contribution in [-0.2, 0) is 15.1 Å². The molecule has 7 nitrogen and oxygen atoms in total. The highest BCUT2D eigenvalue weighted by Crippen LogP contribution is 2.43. The molecule has 2 heterocycles. The second kappa shape index (κ2) is 10.3. The van der Waals surface area contributed by atoms with Gasteiger partial charge in [-0.25, -0.2) is 9.78 Å². The molecule has 40 heavy (non-hydrogen) atoms. The average molecular weight is 537 g/mol. The van der Waals surface area contributed by atoms with Crippen LogP contribution >= 0.6 is 0 Å². The Balaban J connectivity index is 1.59. The number of ether oxygens (including phenoxy) is 1. The second-order valence-electron chi connectivity index (χ2n) is 11.6. The summed E-state index contributed by atoms with van der Waals surface area (Å²) in [5.41, 5.74) is 13.1. The number of imidazole rings is 1. The Morgan fingerprint density at radius 1 is 1.00 bits per heavy atom. The molecule has 2 aromatic carbocycles. The fourth-order valence-electron chi connectivity index (χ4n) is 5.32. The fraction of sp³-hybridized carbons (Fsp3) is 0.303. The van der Waals surface area contributed by atoms with Gasteiger partial charge in [-0.1, -0.05) is 54.6 Å². The van der Waals surface area contributed by atoms with Gasteiger partial charge < -0.3 is 15.8 Å². The van der Waals surface area contributed by atoms with E-state index in [-0.39, 0.29) is 0 Å². The maximum atomic E-state index is 12.6. The van der Waals surface area contributed by atoms with E-state index in [9.17, 15) is 9.59 Å². The van der Waals surface area contributed by atoms with Crippen LogP contribution in [0.15, 0.2) is 66.9 Å². The number of primary amides is 1. The number of aromatic nitrogens is 2. The van der Waals surface area contributed by atoms with Crippen molar-refractivity contribution in [2.45, 2.75) is 65.0 Å². The van der Waals surface area contributed by atoms with Crippen molar-refractivity contribution in [1.82, 2.24) is 14.7 Å². The lowest BCUT2D eigenvalue weighted by Crippen LogP contribution is -2.52. The molecular formula is C33H36N4O3. The van der Waals surface area contributed by atoms with Crippen LogP contribution in [0.25, 0.3) is 34.2 Å². The number of hydrogen-bond acceptors (Lipinski definition) is 4. The van der Waals surface area contributed by atoms with Gasteiger partial charge in [0.1, 0.15) is 11.2 Å². The fourth-order valence-corrected chi connectivity index (χ4v) is 5.32. The van der Waals surface area contributed by atoms with Crippen LogP contribution < -0.4 is 11.1 Å². The Labute approximate surface area is 235 Å². The van der Waals surface area contributed by atoms with E-state index in [4.69, 9.17) is 15.5 Å². The molecule has 0 atom stereocenters. The number of nitrogens with one attached hydrogen (secondary N) is 1. The van der Waals surface area contributed by atoms with Crippen LogP contribution in [-0.4, -0.2) is 27.0 Å². The van der Waals surface area contributed by atoms with Crippen LogP contribution in [0, 0.1) is 13.8 Å². The first-order valence-electron chi connectivity index (χ1n) is 13.6. The summed E-state index contributed by atoms with van der Waals surface area (Å²) < 4.78 is 7.65. The van der Waals surface area contributed by atoms with E-state index >= 15 is 0 Å². The molecular weight excluding hydrogens is 500 g/mol. The number of nitrogens with two attached hydrogens (primary N) is 1. The molecule has 0 unspecified atom stereocenters. The van der Waals surface area contributed by atoms with Gasteiger partial charge in [-0.2, -0.15) is 0 Å². The summed E-state index contributed by atoms with van der Waals surface area (Å²) in [7, 11) is 0. The summed E-state index contributed by atoms with van der Waals surface area (Å²) in [6.07, 6.45) is 7.54. The van der Waals surface area contributed by atoms with Crippen molar-refractivity contribution in [3.05, 3.63) is 89.1 Å². The van der Waals surface area contributed by atoms with E-state index in [1.54, 1.807) is 6.08 Å². The molecule has 4 aromatic rings. The summed E-state index contributed by atoms with van der Waals surface area (Å²) in [5, 5.41) is 3.14. The molecule has 2 aromatic heterocycles. The summed E-state index contributed by atoms with van der Waals surface area (Å²) in [6.45, 7) is 9.68. The van der Waals surface area contributed by atoms with Crippen molar-refractivity contribution in [3.8, 4) is 22.5 Å². The van der Waals surface area contributed by atoms with E-state index in [1.165, 1.54) is 6.08 Å². The number of carbonyl (C=O) groups excluding carboxylic acids is 2. The molecule has 3 N–H and O–H groups in total. The molecule has 1 aliphatic carbocycles. The number of benzene rings is 2. The number of carbonyl (C=O) groups is 2. The van der Waals surface area contributed by atoms with Crippen molar-refractivity contribution in [1.29, 1.82) is 0 Å². The molecule has 1 aliphatic rings. The van der Waals surface area contributed by atoms with E-state index < -0.39 is 23.1 Å². The lowest BCUT2D eigenvalue weighted by atomic mass is 9.71. The summed E-state index contributed by atoms with van der Waals surface area (Å²) in [6, 6.07) is 18.5. The first kappa shape index (κ1) is 27.2. The predicted octanol–water partition coefficient (Wildman–Crippen LogP) is 6.69. The topological polar surface area (TPSA) is 98.7 Å². The molecule has 0 aliphatic heterocycles. The largest absolute Gasteiger partial charge is 0.444 e. The minimum Gasteiger partial charge on any atom is -0.444 e. The number of amides is 2. The molecule has 1 fully saturated rings. The zero-order valence-corrected chi connectivity index (χ0v) is 23.7. The first-order chi connectivity index (χ1) is 19.0. The third kappa shape index (κ3) is 5.24. The highest BCUT2D eigenvalue weighted by atomic mass is 16.6. The van der Waals surface area contributed by atoms with Gasteiger partial charge in [0, 0.05) is 23.4 Å². The van der Waals surface area contributed by atoms with Crippen LogP contribution in [0.1, 0.15) is 62.3 Å². The van der Waals surface area contributed by atoms with E-state index in [2.05, 4.69) is 46.1 Å². The number of rotatable bonds is 6. The van der Waals surface area contributed by atoms with Crippen molar-refractivity contribution < 1.29 is 14.3 Å². The number of fused-ring (bicyclic) bond motifs is 1. The standard InChI is InChI=1S/C33H36N4O3/c1-21-22(2)30-35-28(29(24-10-7-6-8-11-24)37(30)20-25(21)14-17-27(34)38)23-12-15-26(16-13-23)33(18-9-19-33)36-31(39)40-32(3,4)5/h6-8,10-17,20H,9,18-19H2,1-5H3,(H2,34,38)(H,36,39)/b17-14+. The maximum absolute atomic E-state index is 12.6. The lowest BCUT2D eigenvalue weighted by molar-refractivity contribution is -0.113. The lowest BCUT2D eigenvalue weighted by Gasteiger charge is -2.43.